The highest BCUT2D eigenvalue weighted by molar-refractivity contribution is 6.33. The molecular formula is C21H17ClO2. The second-order valence-corrected chi connectivity index (χ2v) is 5.87. The summed E-state index contributed by atoms with van der Waals surface area (Å²) < 4.78 is 5.73. The molecule has 0 aromatic heterocycles. The number of benzene rings is 3. The summed E-state index contributed by atoms with van der Waals surface area (Å²) in [6, 6.07) is 26.4. The van der Waals surface area contributed by atoms with E-state index in [9.17, 15) is 4.79 Å². The third-order valence-corrected chi connectivity index (χ3v) is 4.16. The smallest absolute Gasteiger partial charge is 0.185 e. The SMILES string of the molecule is O=C(c1ccc(OCc2ccccc2)cc1)C(Cl)c1ccccc1. The first-order valence-corrected chi connectivity index (χ1v) is 8.18. The van der Waals surface area contributed by atoms with Gasteiger partial charge in [0.25, 0.3) is 0 Å². The average molecular weight is 337 g/mol. The van der Waals surface area contributed by atoms with Gasteiger partial charge in [0.05, 0.1) is 0 Å². The number of carbonyl (C=O) groups excluding carboxylic acids is 1. The third kappa shape index (κ3) is 4.03. The van der Waals surface area contributed by atoms with Crippen molar-refractivity contribution in [1.82, 2.24) is 0 Å². The molecule has 0 heterocycles. The summed E-state index contributed by atoms with van der Waals surface area (Å²) in [6.07, 6.45) is 0. The fourth-order valence-corrected chi connectivity index (χ4v) is 2.65. The molecule has 24 heavy (non-hydrogen) atoms. The van der Waals surface area contributed by atoms with E-state index in [4.69, 9.17) is 16.3 Å². The first kappa shape index (κ1) is 16.3. The molecule has 0 aliphatic heterocycles. The van der Waals surface area contributed by atoms with Crippen LogP contribution in [0.1, 0.15) is 26.9 Å². The quantitative estimate of drug-likeness (QED) is 0.443. The van der Waals surface area contributed by atoms with Gasteiger partial charge in [0.15, 0.2) is 5.78 Å². The van der Waals surface area contributed by atoms with Crippen molar-refractivity contribution in [2.24, 2.45) is 0 Å². The Morgan fingerprint density at radius 3 is 2.04 bits per heavy atom. The number of ketones is 1. The van der Waals surface area contributed by atoms with Crippen molar-refractivity contribution in [3.8, 4) is 5.75 Å². The van der Waals surface area contributed by atoms with Crippen LogP contribution >= 0.6 is 11.6 Å². The molecule has 3 aromatic carbocycles. The van der Waals surface area contributed by atoms with E-state index in [0.717, 1.165) is 16.9 Å². The minimum absolute atomic E-state index is 0.113. The molecule has 0 spiro atoms. The van der Waals surface area contributed by atoms with Crippen LogP contribution in [0.3, 0.4) is 0 Å². The van der Waals surface area contributed by atoms with Gasteiger partial charge < -0.3 is 4.74 Å². The Morgan fingerprint density at radius 1 is 0.833 bits per heavy atom. The number of ether oxygens (including phenoxy) is 1. The maximum Gasteiger partial charge on any atom is 0.185 e. The van der Waals surface area contributed by atoms with Crippen molar-refractivity contribution < 1.29 is 9.53 Å². The predicted octanol–water partition coefficient (Wildman–Crippen LogP) is 5.43. The molecule has 0 saturated heterocycles. The number of alkyl halides is 1. The van der Waals surface area contributed by atoms with E-state index in [1.165, 1.54) is 0 Å². The molecule has 3 aromatic rings. The number of rotatable bonds is 6. The van der Waals surface area contributed by atoms with Gasteiger partial charge >= 0.3 is 0 Å². The summed E-state index contributed by atoms with van der Waals surface area (Å²) in [6.45, 7) is 0.496. The summed E-state index contributed by atoms with van der Waals surface area (Å²) in [5, 5.41) is -0.678. The molecule has 120 valence electrons. The molecule has 0 bridgehead atoms. The summed E-state index contributed by atoms with van der Waals surface area (Å²) in [5.41, 5.74) is 2.47. The molecular weight excluding hydrogens is 320 g/mol. The van der Waals surface area contributed by atoms with Gasteiger partial charge in [-0.05, 0) is 35.4 Å². The van der Waals surface area contributed by atoms with Gasteiger partial charge in [-0.3, -0.25) is 4.79 Å². The van der Waals surface area contributed by atoms with Crippen LogP contribution < -0.4 is 4.74 Å². The molecule has 0 radical (unpaired) electrons. The molecule has 0 aliphatic carbocycles. The standard InChI is InChI=1S/C21H17ClO2/c22-20(17-9-5-2-6-10-17)21(23)18-11-13-19(14-12-18)24-15-16-7-3-1-4-8-16/h1-14,20H,15H2. The Bertz CT molecular complexity index is 783. The van der Waals surface area contributed by atoms with Gasteiger partial charge in [0, 0.05) is 5.56 Å². The van der Waals surface area contributed by atoms with Crippen LogP contribution in [-0.4, -0.2) is 5.78 Å². The van der Waals surface area contributed by atoms with E-state index in [1.54, 1.807) is 24.3 Å². The Balaban J connectivity index is 1.64. The summed E-state index contributed by atoms with van der Waals surface area (Å²) in [7, 11) is 0. The van der Waals surface area contributed by atoms with Gasteiger partial charge in [0.2, 0.25) is 0 Å². The van der Waals surface area contributed by atoms with E-state index in [0.29, 0.717) is 12.2 Å². The fraction of sp³-hybridized carbons (Fsp3) is 0.0952. The van der Waals surface area contributed by atoms with Gasteiger partial charge in [-0.2, -0.15) is 0 Å². The van der Waals surface area contributed by atoms with Crippen LogP contribution in [0.25, 0.3) is 0 Å². The molecule has 0 aliphatic rings. The lowest BCUT2D eigenvalue weighted by molar-refractivity contribution is 0.0987. The minimum Gasteiger partial charge on any atom is -0.489 e. The monoisotopic (exact) mass is 336 g/mol. The first-order chi connectivity index (χ1) is 11.7. The van der Waals surface area contributed by atoms with E-state index in [1.807, 2.05) is 60.7 Å². The van der Waals surface area contributed by atoms with E-state index in [2.05, 4.69) is 0 Å². The van der Waals surface area contributed by atoms with Crippen molar-refractivity contribution in [1.29, 1.82) is 0 Å². The lowest BCUT2D eigenvalue weighted by Gasteiger charge is -2.10. The molecule has 0 fully saturated rings. The second kappa shape index (κ2) is 7.80. The maximum atomic E-state index is 12.5. The van der Waals surface area contributed by atoms with Gasteiger partial charge in [-0.1, -0.05) is 60.7 Å². The number of hydrogen-bond donors (Lipinski definition) is 0. The van der Waals surface area contributed by atoms with Gasteiger partial charge in [-0.25, -0.2) is 0 Å². The maximum absolute atomic E-state index is 12.5. The zero-order chi connectivity index (χ0) is 16.8. The van der Waals surface area contributed by atoms with Crippen molar-refractivity contribution in [2.75, 3.05) is 0 Å². The highest BCUT2D eigenvalue weighted by Gasteiger charge is 2.19. The number of halogens is 1. The number of carbonyl (C=O) groups is 1. The van der Waals surface area contributed by atoms with E-state index >= 15 is 0 Å². The fourth-order valence-electron chi connectivity index (χ4n) is 2.38. The Labute approximate surface area is 146 Å². The second-order valence-electron chi connectivity index (χ2n) is 5.44. The number of hydrogen-bond acceptors (Lipinski definition) is 2. The van der Waals surface area contributed by atoms with E-state index < -0.39 is 5.38 Å². The molecule has 1 unspecified atom stereocenters. The van der Waals surface area contributed by atoms with Crippen LogP contribution in [0.2, 0.25) is 0 Å². The van der Waals surface area contributed by atoms with Crippen LogP contribution in [-0.2, 0) is 6.61 Å². The molecule has 2 nitrogen and oxygen atoms in total. The minimum atomic E-state index is -0.678. The van der Waals surface area contributed by atoms with Crippen molar-refractivity contribution >= 4 is 17.4 Å². The largest absolute Gasteiger partial charge is 0.489 e. The molecule has 0 amide bonds. The normalized spacial score (nSPS) is 11.7. The zero-order valence-corrected chi connectivity index (χ0v) is 13.8. The third-order valence-electron chi connectivity index (χ3n) is 3.71. The van der Waals surface area contributed by atoms with Crippen LogP contribution in [0.4, 0.5) is 0 Å². The molecule has 0 N–H and O–H groups in total. The molecule has 3 rings (SSSR count). The molecule has 3 heteroatoms. The summed E-state index contributed by atoms with van der Waals surface area (Å²) >= 11 is 6.29. The highest BCUT2D eigenvalue weighted by atomic mass is 35.5. The Hall–Kier alpha value is -2.58. The summed E-state index contributed by atoms with van der Waals surface area (Å²) in [5.74, 6) is 0.610. The van der Waals surface area contributed by atoms with Gasteiger partial charge in [-0.15, -0.1) is 11.6 Å². The Kier molecular flexibility index (Phi) is 5.29. The lowest BCUT2D eigenvalue weighted by Crippen LogP contribution is -2.07. The van der Waals surface area contributed by atoms with Gasteiger partial charge in [0.1, 0.15) is 17.7 Å². The van der Waals surface area contributed by atoms with Crippen molar-refractivity contribution in [3.05, 3.63) is 102 Å². The summed E-state index contributed by atoms with van der Waals surface area (Å²) in [4.78, 5) is 12.5. The lowest BCUT2D eigenvalue weighted by atomic mass is 10.0. The Morgan fingerprint density at radius 2 is 1.42 bits per heavy atom. The topological polar surface area (TPSA) is 26.3 Å². The molecule has 0 saturated carbocycles. The molecule has 1 atom stereocenters. The van der Waals surface area contributed by atoms with Crippen LogP contribution in [0, 0.1) is 0 Å². The van der Waals surface area contributed by atoms with Crippen LogP contribution in [0.15, 0.2) is 84.9 Å². The van der Waals surface area contributed by atoms with Crippen molar-refractivity contribution in [2.45, 2.75) is 12.0 Å². The first-order valence-electron chi connectivity index (χ1n) is 7.74. The van der Waals surface area contributed by atoms with E-state index in [-0.39, 0.29) is 5.78 Å². The van der Waals surface area contributed by atoms with Crippen LogP contribution in [0.5, 0.6) is 5.75 Å². The highest BCUT2D eigenvalue weighted by Crippen LogP contribution is 2.26. The number of Topliss-reactive ketones (excluding diaryl/α,β-unsaturated/α-hetero) is 1. The van der Waals surface area contributed by atoms with Crippen molar-refractivity contribution in [3.63, 3.8) is 0 Å². The zero-order valence-electron chi connectivity index (χ0n) is 13.1. The predicted molar refractivity (Wildman–Crippen MR) is 96.6 cm³/mol. The average Bonchev–Trinajstić information content (AvgIpc) is 2.67.